The lowest BCUT2D eigenvalue weighted by Gasteiger charge is -2.23. The van der Waals surface area contributed by atoms with Gasteiger partial charge in [0, 0.05) is 15.6 Å². The monoisotopic (exact) mass is 390 g/mol. The molecule has 1 aliphatic rings. The van der Waals surface area contributed by atoms with Crippen LogP contribution in [0.2, 0.25) is 5.02 Å². The first kappa shape index (κ1) is 18.3. The lowest BCUT2D eigenvalue weighted by Crippen LogP contribution is -2.32. The predicted octanol–water partition coefficient (Wildman–Crippen LogP) is 3.32. The smallest absolute Gasteiger partial charge is 0.307 e. The van der Waals surface area contributed by atoms with Gasteiger partial charge in [0.05, 0.1) is 17.4 Å². The largest absolute Gasteiger partial charge is 0.456 e. The van der Waals surface area contributed by atoms with Crippen molar-refractivity contribution in [2.45, 2.75) is 16.6 Å². The first-order valence-corrected chi connectivity index (χ1v) is 9.04. The minimum absolute atomic E-state index is 0.112. The number of amides is 2. The zero-order valence-corrected chi connectivity index (χ0v) is 15.1. The van der Waals surface area contributed by atoms with E-state index in [2.05, 4.69) is 10.6 Å². The normalized spacial score (nSPS) is 15.6. The van der Waals surface area contributed by atoms with Crippen LogP contribution in [0, 0.1) is 0 Å². The highest BCUT2D eigenvalue weighted by atomic mass is 35.5. The van der Waals surface area contributed by atoms with Crippen LogP contribution in [-0.2, 0) is 19.1 Å². The fourth-order valence-electron chi connectivity index (χ4n) is 2.31. The predicted molar refractivity (Wildman–Crippen MR) is 100 cm³/mol. The van der Waals surface area contributed by atoms with Crippen molar-refractivity contribution in [3.63, 3.8) is 0 Å². The molecule has 2 aromatic rings. The standard InChI is InChI=1S/C18H15ClN2O4S/c19-11-5-7-12(8-6-11)20-16(22)10-25-17(23)9-15-18(24)21-13-3-1-2-4-14(13)26-15/h1-8,15H,9-10H2,(H,20,22)(H,21,24)/t15-/m0/s1. The van der Waals surface area contributed by atoms with Crippen molar-refractivity contribution in [3.05, 3.63) is 53.6 Å². The molecule has 1 atom stereocenters. The summed E-state index contributed by atoms with van der Waals surface area (Å²) >= 11 is 7.08. The summed E-state index contributed by atoms with van der Waals surface area (Å²) in [5.41, 5.74) is 1.28. The Kier molecular flexibility index (Phi) is 5.80. The van der Waals surface area contributed by atoms with Gasteiger partial charge in [0.2, 0.25) is 5.91 Å². The highest BCUT2D eigenvalue weighted by molar-refractivity contribution is 8.01. The number of hydrogen-bond acceptors (Lipinski definition) is 5. The van der Waals surface area contributed by atoms with Crippen molar-refractivity contribution in [1.82, 2.24) is 0 Å². The molecule has 134 valence electrons. The molecule has 0 saturated heterocycles. The van der Waals surface area contributed by atoms with Gasteiger partial charge in [-0.2, -0.15) is 0 Å². The summed E-state index contributed by atoms with van der Waals surface area (Å²) in [5, 5.41) is 5.32. The van der Waals surface area contributed by atoms with Crippen molar-refractivity contribution >= 4 is 52.5 Å². The number of carbonyl (C=O) groups excluding carboxylic acids is 3. The Hall–Kier alpha value is -2.51. The average molecular weight is 391 g/mol. The second-order valence-corrected chi connectivity index (χ2v) is 7.19. The molecule has 6 nitrogen and oxygen atoms in total. The second-order valence-electron chi connectivity index (χ2n) is 5.51. The number of anilines is 2. The first-order valence-electron chi connectivity index (χ1n) is 7.79. The van der Waals surface area contributed by atoms with E-state index in [1.54, 1.807) is 30.3 Å². The highest BCUT2D eigenvalue weighted by Crippen LogP contribution is 2.36. The summed E-state index contributed by atoms with van der Waals surface area (Å²) in [4.78, 5) is 36.7. The van der Waals surface area contributed by atoms with Crippen molar-refractivity contribution in [3.8, 4) is 0 Å². The van der Waals surface area contributed by atoms with Crippen molar-refractivity contribution in [2.24, 2.45) is 0 Å². The zero-order chi connectivity index (χ0) is 18.5. The van der Waals surface area contributed by atoms with Gasteiger partial charge in [-0.05, 0) is 36.4 Å². The van der Waals surface area contributed by atoms with Crippen LogP contribution in [0.5, 0.6) is 0 Å². The minimum Gasteiger partial charge on any atom is -0.456 e. The quantitative estimate of drug-likeness (QED) is 0.765. The molecule has 0 saturated carbocycles. The lowest BCUT2D eigenvalue weighted by atomic mass is 10.2. The number of thioether (sulfide) groups is 1. The molecule has 0 fully saturated rings. The van der Waals surface area contributed by atoms with Crippen LogP contribution in [0.25, 0.3) is 0 Å². The van der Waals surface area contributed by atoms with Crippen LogP contribution in [0.4, 0.5) is 11.4 Å². The molecule has 0 aliphatic carbocycles. The first-order chi connectivity index (χ1) is 12.5. The Balaban J connectivity index is 1.47. The number of nitrogens with one attached hydrogen (secondary N) is 2. The van der Waals surface area contributed by atoms with Gasteiger partial charge in [0.25, 0.3) is 5.91 Å². The summed E-state index contributed by atoms with van der Waals surface area (Å²) in [6.45, 7) is -0.420. The second kappa shape index (κ2) is 8.25. The number of ether oxygens (including phenoxy) is 1. The summed E-state index contributed by atoms with van der Waals surface area (Å²) in [7, 11) is 0. The van der Waals surface area contributed by atoms with Crippen LogP contribution in [-0.4, -0.2) is 29.6 Å². The van der Waals surface area contributed by atoms with Crippen molar-refractivity contribution in [1.29, 1.82) is 0 Å². The SMILES string of the molecule is O=C(COC(=O)C[C@@H]1Sc2ccccc2NC1=O)Nc1ccc(Cl)cc1. The van der Waals surface area contributed by atoms with E-state index in [1.807, 2.05) is 18.2 Å². The fraction of sp³-hybridized carbons (Fsp3) is 0.167. The number of fused-ring (bicyclic) bond motifs is 1. The molecule has 26 heavy (non-hydrogen) atoms. The van der Waals surface area contributed by atoms with Crippen LogP contribution < -0.4 is 10.6 Å². The summed E-state index contributed by atoms with van der Waals surface area (Å²) < 4.78 is 4.97. The Morgan fingerprint density at radius 1 is 1.15 bits per heavy atom. The molecule has 2 amide bonds. The third kappa shape index (κ3) is 4.77. The molecule has 3 rings (SSSR count). The van der Waals surface area contributed by atoms with Crippen LogP contribution in [0.1, 0.15) is 6.42 Å². The van der Waals surface area contributed by atoms with E-state index in [1.165, 1.54) is 11.8 Å². The lowest BCUT2D eigenvalue weighted by molar-refractivity contribution is -0.147. The number of para-hydroxylation sites is 1. The third-order valence-electron chi connectivity index (χ3n) is 3.55. The average Bonchev–Trinajstić information content (AvgIpc) is 2.62. The number of rotatable bonds is 5. The Bertz CT molecular complexity index is 841. The number of carbonyl (C=O) groups is 3. The topological polar surface area (TPSA) is 84.5 Å². The Labute approximate surface area is 159 Å². The third-order valence-corrected chi connectivity index (χ3v) is 5.08. The van der Waals surface area contributed by atoms with E-state index in [-0.39, 0.29) is 12.3 Å². The van der Waals surface area contributed by atoms with Gasteiger partial charge in [-0.3, -0.25) is 14.4 Å². The van der Waals surface area contributed by atoms with E-state index in [9.17, 15) is 14.4 Å². The molecule has 2 aromatic carbocycles. The maximum absolute atomic E-state index is 12.1. The van der Waals surface area contributed by atoms with Crippen LogP contribution in [0.3, 0.4) is 0 Å². The van der Waals surface area contributed by atoms with Gasteiger partial charge in [0.1, 0.15) is 0 Å². The molecule has 0 bridgehead atoms. The number of halogens is 1. The Morgan fingerprint density at radius 2 is 1.88 bits per heavy atom. The number of esters is 1. The molecule has 8 heteroatoms. The molecule has 1 aliphatic heterocycles. The summed E-state index contributed by atoms with van der Waals surface area (Å²) in [6.07, 6.45) is -0.112. The van der Waals surface area contributed by atoms with Crippen molar-refractivity contribution in [2.75, 3.05) is 17.2 Å². The van der Waals surface area contributed by atoms with Gasteiger partial charge in [-0.1, -0.05) is 23.7 Å². The van der Waals surface area contributed by atoms with Gasteiger partial charge in [-0.25, -0.2) is 0 Å². The summed E-state index contributed by atoms with van der Waals surface area (Å²) in [6, 6.07) is 13.9. The van der Waals surface area contributed by atoms with Gasteiger partial charge in [-0.15, -0.1) is 11.8 Å². The molecule has 1 heterocycles. The van der Waals surface area contributed by atoms with E-state index < -0.39 is 23.7 Å². The van der Waals surface area contributed by atoms with Gasteiger partial charge in [0.15, 0.2) is 6.61 Å². The molecule has 2 N–H and O–H groups in total. The summed E-state index contributed by atoms with van der Waals surface area (Å²) in [5.74, 6) is -1.33. The maximum atomic E-state index is 12.1. The van der Waals surface area contributed by atoms with Crippen LogP contribution in [0.15, 0.2) is 53.4 Å². The number of hydrogen-bond donors (Lipinski definition) is 2. The van der Waals surface area contributed by atoms with Gasteiger partial charge < -0.3 is 15.4 Å². The maximum Gasteiger partial charge on any atom is 0.307 e. The molecule has 0 unspecified atom stereocenters. The fourth-order valence-corrected chi connectivity index (χ4v) is 3.53. The molecule has 0 radical (unpaired) electrons. The van der Waals surface area contributed by atoms with E-state index in [0.29, 0.717) is 10.7 Å². The van der Waals surface area contributed by atoms with E-state index >= 15 is 0 Å². The minimum atomic E-state index is -0.608. The van der Waals surface area contributed by atoms with E-state index in [4.69, 9.17) is 16.3 Å². The Morgan fingerprint density at radius 3 is 2.65 bits per heavy atom. The molecular weight excluding hydrogens is 376 g/mol. The van der Waals surface area contributed by atoms with Crippen LogP contribution >= 0.6 is 23.4 Å². The molecular formula is C18H15ClN2O4S. The molecule has 0 aromatic heterocycles. The zero-order valence-electron chi connectivity index (χ0n) is 13.5. The molecule has 0 spiro atoms. The van der Waals surface area contributed by atoms with Crippen molar-refractivity contribution < 1.29 is 19.1 Å². The highest BCUT2D eigenvalue weighted by Gasteiger charge is 2.29. The van der Waals surface area contributed by atoms with E-state index in [0.717, 1.165) is 10.6 Å². The number of benzene rings is 2. The van der Waals surface area contributed by atoms with Gasteiger partial charge >= 0.3 is 5.97 Å².